The topological polar surface area (TPSA) is 79.5 Å². The van der Waals surface area contributed by atoms with Crippen molar-refractivity contribution in [1.82, 2.24) is 15.0 Å². The number of rotatable bonds is 5. The third kappa shape index (κ3) is 3.79. The summed E-state index contributed by atoms with van der Waals surface area (Å²) in [5.74, 6) is 1.85. The molecule has 1 unspecified atom stereocenters. The van der Waals surface area contributed by atoms with Crippen LogP contribution in [-0.2, 0) is 17.9 Å². The van der Waals surface area contributed by atoms with Crippen molar-refractivity contribution in [2.75, 3.05) is 5.75 Å². The molecule has 1 aliphatic carbocycles. The monoisotopic (exact) mass is 459 g/mol. The first-order chi connectivity index (χ1) is 16.0. The number of carbonyl (C=O) groups is 1. The van der Waals surface area contributed by atoms with Crippen molar-refractivity contribution in [2.45, 2.75) is 44.8 Å². The molecule has 2 aromatic carbocycles. The molecule has 1 saturated carbocycles. The fourth-order valence-corrected chi connectivity index (χ4v) is 6.06. The number of hydrogen-bond acceptors (Lipinski definition) is 6. The van der Waals surface area contributed by atoms with Gasteiger partial charge in [0.25, 0.3) is 5.89 Å². The summed E-state index contributed by atoms with van der Waals surface area (Å²) in [4.78, 5) is 18.2. The van der Waals surface area contributed by atoms with E-state index >= 15 is 0 Å². The highest BCUT2D eigenvalue weighted by Crippen LogP contribution is 2.38. The summed E-state index contributed by atoms with van der Waals surface area (Å²) in [5.41, 5.74) is 7.04. The lowest BCUT2D eigenvalue weighted by molar-refractivity contribution is -0.147. The van der Waals surface area contributed by atoms with E-state index < -0.39 is 5.97 Å². The highest BCUT2D eigenvalue weighted by Gasteiger charge is 2.39. The molecule has 0 bridgehead atoms. The Kier molecular flexibility index (Phi) is 5.11. The first kappa shape index (κ1) is 20.7. The number of thioether (sulfide) groups is 1. The zero-order valence-electron chi connectivity index (χ0n) is 18.4. The van der Waals surface area contributed by atoms with Crippen LogP contribution in [0.2, 0.25) is 0 Å². The van der Waals surface area contributed by atoms with Crippen molar-refractivity contribution in [3.8, 4) is 22.8 Å². The number of aryl methyl sites for hydroxylation is 1. The van der Waals surface area contributed by atoms with Crippen LogP contribution in [0.5, 0.6) is 0 Å². The minimum atomic E-state index is -0.669. The quantitative estimate of drug-likeness (QED) is 0.559. The van der Waals surface area contributed by atoms with E-state index in [0.717, 1.165) is 42.8 Å². The van der Waals surface area contributed by atoms with Gasteiger partial charge in [0.05, 0.1) is 5.92 Å². The van der Waals surface area contributed by atoms with Crippen LogP contribution in [0.25, 0.3) is 22.8 Å². The minimum Gasteiger partial charge on any atom is -0.481 e. The Balaban J connectivity index is 1.18. The standard InChI is InChI=1S/C26H25N3O3S/c1-15-8-17(4-5-23(15)19-6-7-33-14-19)25-27-24(28-32-25)16-2-3-18-12-29(13-21(18)9-16)22-10-20(11-22)26(30)31/h2-9,19-20,22H,10-14H2,1H3,(H,30,31). The molecule has 0 radical (unpaired) electrons. The summed E-state index contributed by atoms with van der Waals surface area (Å²) in [6.45, 7) is 3.86. The molecule has 6 nitrogen and oxygen atoms in total. The molecule has 168 valence electrons. The van der Waals surface area contributed by atoms with Gasteiger partial charge in [-0.15, -0.1) is 11.8 Å². The van der Waals surface area contributed by atoms with Gasteiger partial charge in [-0.3, -0.25) is 9.69 Å². The molecule has 0 amide bonds. The predicted molar refractivity (Wildman–Crippen MR) is 128 cm³/mol. The van der Waals surface area contributed by atoms with Crippen LogP contribution in [0.15, 0.2) is 52.4 Å². The van der Waals surface area contributed by atoms with E-state index in [-0.39, 0.29) is 5.92 Å². The van der Waals surface area contributed by atoms with Crippen LogP contribution >= 0.6 is 11.8 Å². The number of aromatic nitrogens is 2. The van der Waals surface area contributed by atoms with Gasteiger partial charge < -0.3 is 9.63 Å². The Labute approximate surface area is 196 Å². The third-order valence-electron chi connectivity index (χ3n) is 7.22. The van der Waals surface area contributed by atoms with Gasteiger partial charge in [0.15, 0.2) is 0 Å². The van der Waals surface area contributed by atoms with Crippen molar-refractivity contribution < 1.29 is 14.4 Å². The molecular formula is C26H25N3O3S. The van der Waals surface area contributed by atoms with E-state index in [4.69, 9.17) is 9.63 Å². The van der Waals surface area contributed by atoms with Crippen LogP contribution in [0.3, 0.4) is 0 Å². The number of carboxylic acids is 1. The van der Waals surface area contributed by atoms with Crippen LogP contribution in [-0.4, -0.2) is 37.9 Å². The van der Waals surface area contributed by atoms with Crippen LogP contribution in [0.4, 0.5) is 0 Å². The summed E-state index contributed by atoms with van der Waals surface area (Å²) >= 11 is 1.85. The summed E-state index contributed by atoms with van der Waals surface area (Å²) in [6.07, 6.45) is 3.76. The molecule has 1 atom stereocenters. The van der Waals surface area contributed by atoms with Gasteiger partial charge >= 0.3 is 5.97 Å². The molecule has 3 heterocycles. The largest absolute Gasteiger partial charge is 0.481 e. The van der Waals surface area contributed by atoms with E-state index in [1.165, 1.54) is 22.3 Å². The summed E-state index contributed by atoms with van der Waals surface area (Å²) in [6, 6.07) is 13.1. The lowest BCUT2D eigenvalue weighted by Gasteiger charge is -2.39. The molecule has 33 heavy (non-hydrogen) atoms. The highest BCUT2D eigenvalue weighted by molar-refractivity contribution is 8.02. The molecule has 7 heteroatoms. The molecular weight excluding hydrogens is 434 g/mol. The summed E-state index contributed by atoms with van der Waals surface area (Å²) in [7, 11) is 0. The third-order valence-corrected chi connectivity index (χ3v) is 8.12. The second-order valence-corrected chi connectivity index (χ2v) is 10.3. The van der Waals surface area contributed by atoms with Crippen LogP contribution < -0.4 is 0 Å². The average molecular weight is 460 g/mol. The van der Waals surface area contributed by atoms with Crippen molar-refractivity contribution in [3.05, 3.63) is 70.1 Å². The molecule has 1 fully saturated rings. The lowest BCUT2D eigenvalue weighted by Crippen LogP contribution is -2.44. The Morgan fingerprint density at radius 1 is 1.12 bits per heavy atom. The second kappa shape index (κ2) is 8.15. The van der Waals surface area contributed by atoms with Gasteiger partial charge in [-0.05, 0) is 65.6 Å². The van der Waals surface area contributed by atoms with Crippen molar-refractivity contribution in [2.24, 2.45) is 5.92 Å². The molecule has 3 aliphatic rings. The van der Waals surface area contributed by atoms with Gasteiger partial charge in [-0.25, -0.2) is 0 Å². The van der Waals surface area contributed by atoms with Crippen molar-refractivity contribution in [1.29, 1.82) is 0 Å². The zero-order valence-corrected chi connectivity index (χ0v) is 19.2. The van der Waals surface area contributed by atoms with Crippen molar-refractivity contribution in [3.63, 3.8) is 0 Å². The fourth-order valence-electron chi connectivity index (χ4n) is 5.15. The van der Waals surface area contributed by atoms with Gasteiger partial charge in [-0.2, -0.15) is 4.98 Å². The Morgan fingerprint density at radius 3 is 2.70 bits per heavy atom. The fraction of sp³-hybridized carbons (Fsp3) is 0.346. The molecule has 0 spiro atoms. The smallest absolute Gasteiger partial charge is 0.306 e. The average Bonchev–Trinajstić information content (AvgIpc) is 3.52. The van der Waals surface area contributed by atoms with Crippen LogP contribution in [0.1, 0.15) is 41.0 Å². The number of aliphatic carboxylic acids is 1. The number of hydrogen-bond donors (Lipinski definition) is 1. The van der Waals surface area contributed by atoms with Gasteiger partial charge in [0, 0.05) is 41.9 Å². The normalized spacial score (nSPS) is 24.1. The maximum atomic E-state index is 11.1. The molecule has 1 aromatic heterocycles. The van der Waals surface area contributed by atoms with E-state index in [2.05, 4.69) is 69.8 Å². The van der Waals surface area contributed by atoms with E-state index in [0.29, 0.717) is 23.7 Å². The number of carboxylic acid groups (broad SMARTS) is 1. The minimum absolute atomic E-state index is 0.182. The maximum absolute atomic E-state index is 11.1. The van der Waals surface area contributed by atoms with E-state index in [1.54, 1.807) is 0 Å². The summed E-state index contributed by atoms with van der Waals surface area (Å²) in [5, 5.41) is 15.6. The molecule has 6 rings (SSSR count). The predicted octanol–water partition coefficient (Wildman–Crippen LogP) is 5.23. The second-order valence-electron chi connectivity index (χ2n) is 9.31. The van der Waals surface area contributed by atoms with Crippen molar-refractivity contribution >= 4 is 17.7 Å². The Hall–Kier alpha value is -2.90. The zero-order chi connectivity index (χ0) is 22.5. The first-order valence-corrected chi connectivity index (χ1v) is 12.4. The van der Waals surface area contributed by atoms with E-state index in [9.17, 15) is 4.79 Å². The Morgan fingerprint density at radius 2 is 1.94 bits per heavy atom. The van der Waals surface area contributed by atoms with E-state index in [1.807, 2.05) is 11.8 Å². The number of fused-ring (bicyclic) bond motifs is 1. The summed E-state index contributed by atoms with van der Waals surface area (Å²) < 4.78 is 5.62. The molecule has 3 aromatic rings. The van der Waals surface area contributed by atoms with Gasteiger partial charge in [0.2, 0.25) is 5.82 Å². The van der Waals surface area contributed by atoms with Gasteiger partial charge in [0.1, 0.15) is 0 Å². The molecule has 0 saturated heterocycles. The molecule has 1 N–H and O–H groups in total. The highest BCUT2D eigenvalue weighted by atomic mass is 32.2. The maximum Gasteiger partial charge on any atom is 0.306 e. The SMILES string of the molecule is Cc1cc(-c2nc(-c3ccc4c(c3)CN(C3CC(C(=O)O)C3)C4)no2)ccc1C1C=CSC1. The van der Waals surface area contributed by atoms with Gasteiger partial charge in [-0.1, -0.05) is 29.4 Å². The number of benzene rings is 2. The molecule has 2 aliphatic heterocycles. The number of allylic oxidation sites excluding steroid dienone is 1. The van der Waals surface area contributed by atoms with Crippen LogP contribution in [0, 0.1) is 12.8 Å². The first-order valence-electron chi connectivity index (χ1n) is 11.4. The number of nitrogens with zero attached hydrogens (tertiary/aromatic N) is 3. The lowest BCUT2D eigenvalue weighted by atomic mass is 9.79. The Bertz CT molecular complexity index is 1260.